The number of likely N-dealkylation sites (N-methyl/N-ethyl adjacent to an activating group) is 1. The molecule has 1 atom stereocenters. The Hall–Kier alpha value is -2.49. The van der Waals surface area contributed by atoms with Gasteiger partial charge in [0.05, 0.1) is 14.2 Å². The lowest BCUT2D eigenvalue weighted by Crippen LogP contribution is -2.34. The van der Waals surface area contributed by atoms with Gasteiger partial charge in [0.1, 0.15) is 16.4 Å². The molecule has 1 aliphatic rings. The number of hydrogen-bond acceptors (Lipinski definition) is 7. The van der Waals surface area contributed by atoms with E-state index < -0.39 is 10.0 Å². The number of fused-ring (bicyclic) bond motifs is 1. The smallest absolute Gasteiger partial charge is 0.244 e. The predicted molar refractivity (Wildman–Crippen MR) is 104 cm³/mol. The van der Waals surface area contributed by atoms with Crippen LogP contribution in [0.3, 0.4) is 0 Å². The first-order chi connectivity index (χ1) is 13.4. The van der Waals surface area contributed by atoms with Gasteiger partial charge in [-0.2, -0.15) is 0 Å². The first-order valence-electron chi connectivity index (χ1n) is 8.63. The van der Waals surface area contributed by atoms with Crippen LogP contribution >= 0.6 is 0 Å². The molecule has 28 heavy (non-hydrogen) atoms. The van der Waals surface area contributed by atoms with Gasteiger partial charge in [-0.3, -0.25) is 0 Å². The van der Waals surface area contributed by atoms with Crippen molar-refractivity contribution in [3.63, 3.8) is 0 Å². The van der Waals surface area contributed by atoms with Crippen molar-refractivity contribution in [1.29, 1.82) is 0 Å². The quantitative estimate of drug-likeness (QED) is 0.715. The fourth-order valence-corrected chi connectivity index (χ4v) is 4.17. The number of hydrogen-bond donors (Lipinski definition) is 1. The minimum Gasteiger partial charge on any atom is -0.497 e. The molecule has 0 fully saturated rings. The van der Waals surface area contributed by atoms with Crippen molar-refractivity contribution in [2.75, 3.05) is 41.7 Å². The highest BCUT2D eigenvalue weighted by Crippen LogP contribution is 2.35. The molecule has 1 aliphatic heterocycles. The van der Waals surface area contributed by atoms with Crippen molar-refractivity contribution >= 4 is 10.0 Å². The molecule has 2 aromatic rings. The fraction of sp³-hybridized carbons (Fsp3) is 0.368. The van der Waals surface area contributed by atoms with Crippen molar-refractivity contribution in [1.82, 2.24) is 9.62 Å². The Bertz CT molecular complexity index is 945. The summed E-state index contributed by atoms with van der Waals surface area (Å²) < 4.78 is 49.5. The van der Waals surface area contributed by atoms with Crippen LogP contribution in [0.4, 0.5) is 0 Å². The summed E-state index contributed by atoms with van der Waals surface area (Å²) in [4.78, 5) is 1.99. The van der Waals surface area contributed by atoms with Crippen molar-refractivity contribution in [3.05, 3.63) is 42.0 Å². The van der Waals surface area contributed by atoms with Crippen LogP contribution in [0.15, 0.2) is 41.3 Å². The molecule has 2 aromatic carbocycles. The van der Waals surface area contributed by atoms with E-state index in [1.165, 1.54) is 26.4 Å². The Morgan fingerprint density at radius 3 is 2.50 bits per heavy atom. The van der Waals surface area contributed by atoms with Crippen LogP contribution in [0.25, 0.3) is 0 Å². The van der Waals surface area contributed by atoms with E-state index in [9.17, 15) is 8.42 Å². The molecule has 8 nitrogen and oxygen atoms in total. The maximum Gasteiger partial charge on any atom is 0.244 e. The number of nitrogens with zero attached hydrogens (tertiary/aromatic N) is 1. The zero-order valence-corrected chi connectivity index (χ0v) is 17.1. The fourth-order valence-electron chi connectivity index (χ4n) is 2.98. The number of methoxy groups -OCH3 is 2. The molecule has 0 saturated carbocycles. The van der Waals surface area contributed by atoms with E-state index in [-0.39, 0.29) is 30.0 Å². The molecule has 0 amide bonds. The molecule has 0 unspecified atom stereocenters. The summed E-state index contributed by atoms with van der Waals surface area (Å²) in [6.07, 6.45) is 0. The van der Waals surface area contributed by atoms with Crippen molar-refractivity contribution in [2.45, 2.75) is 10.9 Å². The van der Waals surface area contributed by atoms with E-state index in [0.717, 1.165) is 5.56 Å². The van der Waals surface area contributed by atoms with Gasteiger partial charge in [-0.1, -0.05) is 6.07 Å². The minimum absolute atomic E-state index is 0.0546. The molecule has 1 heterocycles. The van der Waals surface area contributed by atoms with E-state index in [1.807, 2.05) is 37.2 Å². The number of sulfonamides is 1. The molecule has 1 N–H and O–H groups in total. The second-order valence-electron chi connectivity index (χ2n) is 6.46. The van der Waals surface area contributed by atoms with Crippen LogP contribution < -0.4 is 23.7 Å². The van der Waals surface area contributed by atoms with E-state index in [4.69, 9.17) is 18.9 Å². The maximum atomic E-state index is 12.9. The van der Waals surface area contributed by atoms with Gasteiger partial charge in [0.15, 0.2) is 11.5 Å². The summed E-state index contributed by atoms with van der Waals surface area (Å²) in [6, 6.07) is 9.98. The van der Waals surface area contributed by atoms with E-state index in [1.54, 1.807) is 6.07 Å². The first-order valence-corrected chi connectivity index (χ1v) is 10.1. The summed E-state index contributed by atoms with van der Waals surface area (Å²) in [6.45, 7) is 0.361. The zero-order chi connectivity index (χ0) is 20.3. The lowest BCUT2D eigenvalue weighted by Gasteiger charge is -2.25. The van der Waals surface area contributed by atoms with Gasteiger partial charge in [0.2, 0.25) is 16.8 Å². The summed E-state index contributed by atoms with van der Waals surface area (Å²) >= 11 is 0. The van der Waals surface area contributed by atoms with Gasteiger partial charge in [-0.05, 0) is 43.9 Å². The van der Waals surface area contributed by atoms with Crippen LogP contribution in [0.1, 0.15) is 11.6 Å². The molecule has 0 saturated heterocycles. The van der Waals surface area contributed by atoms with Gasteiger partial charge in [-0.15, -0.1) is 0 Å². The third-order valence-corrected chi connectivity index (χ3v) is 5.99. The average molecular weight is 408 g/mol. The van der Waals surface area contributed by atoms with Crippen molar-refractivity contribution < 1.29 is 27.4 Å². The summed E-state index contributed by atoms with van der Waals surface area (Å²) in [5.41, 5.74) is 0.915. The zero-order valence-electron chi connectivity index (χ0n) is 16.3. The predicted octanol–water partition coefficient (Wildman–Crippen LogP) is 2.01. The van der Waals surface area contributed by atoms with Crippen LogP contribution in [0.5, 0.6) is 23.0 Å². The highest BCUT2D eigenvalue weighted by Gasteiger charge is 2.24. The highest BCUT2D eigenvalue weighted by atomic mass is 32.2. The first kappa shape index (κ1) is 20.2. The highest BCUT2D eigenvalue weighted by molar-refractivity contribution is 7.89. The van der Waals surface area contributed by atoms with Gasteiger partial charge < -0.3 is 23.8 Å². The molecule has 0 bridgehead atoms. The molecule has 3 rings (SSSR count). The minimum atomic E-state index is -3.79. The van der Waals surface area contributed by atoms with E-state index in [0.29, 0.717) is 17.2 Å². The number of nitrogens with one attached hydrogen (secondary N) is 1. The normalized spacial score (nSPS) is 14.2. The number of benzene rings is 2. The van der Waals surface area contributed by atoms with Crippen molar-refractivity contribution in [2.24, 2.45) is 0 Å². The topological polar surface area (TPSA) is 86.3 Å². The largest absolute Gasteiger partial charge is 0.497 e. The van der Waals surface area contributed by atoms with Gasteiger partial charge >= 0.3 is 0 Å². The molecule has 152 valence electrons. The summed E-state index contributed by atoms with van der Waals surface area (Å²) in [5, 5.41) is 0. The molecule has 0 aliphatic carbocycles. The lowest BCUT2D eigenvalue weighted by atomic mass is 10.1. The number of rotatable bonds is 8. The number of ether oxygens (including phenoxy) is 4. The Kier molecular flexibility index (Phi) is 5.97. The second kappa shape index (κ2) is 8.26. The van der Waals surface area contributed by atoms with Gasteiger partial charge in [0.25, 0.3) is 0 Å². The van der Waals surface area contributed by atoms with Crippen LogP contribution in [0, 0.1) is 0 Å². The van der Waals surface area contributed by atoms with Crippen LogP contribution in [0.2, 0.25) is 0 Å². The van der Waals surface area contributed by atoms with E-state index >= 15 is 0 Å². The maximum absolute atomic E-state index is 12.9. The van der Waals surface area contributed by atoms with E-state index in [2.05, 4.69) is 4.72 Å². The summed E-state index contributed by atoms with van der Waals surface area (Å²) in [5.74, 6) is 2.08. The molecule has 0 aromatic heterocycles. The SMILES string of the molecule is COc1ccc(S(=O)(=O)NC[C@H](c2ccc3c(c2)OCO3)N(C)C)c(OC)c1. The van der Waals surface area contributed by atoms with Crippen molar-refractivity contribution in [3.8, 4) is 23.0 Å². The van der Waals surface area contributed by atoms with Gasteiger partial charge in [0, 0.05) is 18.7 Å². The van der Waals surface area contributed by atoms with Gasteiger partial charge in [-0.25, -0.2) is 13.1 Å². The summed E-state index contributed by atoms with van der Waals surface area (Å²) in [7, 11) is 2.91. The Morgan fingerprint density at radius 2 is 1.82 bits per heavy atom. The average Bonchev–Trinajstić information content (AvgIpc) is 3.15. The van der Waals surface area contributed by atoms with Crippen LogP contribution in [-0.4, -0.2) is 55.0 Å². The lowest BCUT2D eigenvalue weighted by molar-refractivity contribution is 0.174. The Morgan fingerprint density at radius 1 is 1.07 bits per heavy atom. The molecule has 9 heteroatoms. The van der Waals surface area contributed by atoms with Crippen LogP contribution in [-0.2, 0) is 10.0 Å². The standard InChI is InChI=1S/C19H24N2O6S/c1-21(2)15(13-5-7-16-17(9-13)27-12-26-16)11-20-28(22,23)19-8-6-14(24-3)10-18(19)25-4/h5-10,15,20H,11-12H2,1-4H3/t15-/m1/s1. The molecular weight excluding hydrogens is 384 g/mol. The molecule has 0 radical (unpaired) electrons. The second-order valence-corrected chi connectivity index (χ2v) is 8.20. The third-order valence-electron chi connectivity index (χ3n) is 4.53. The molecule has 0 spiro atoms. The Balaban J connectivity index is 1.82. The third kappa shape index (κ3) is 4.16. The molecular formula is C19H24N2O6S. The Labute approximate surface area is 165 Å². The monoisotopic (exact) mass is 408 g/mol.